The maximum Gasteiger partial charge on any atom is 0.254 e. The fourth-order valence-electron chi connectivity index (χ4n) is 2.73. The lowest BCUT2D eigenvalue weighted by Crippen LogP contribution is -2.48. The lowest BCUT2D eigenvalue weighted by Gasteiger charge is -2.36. The third-order valence-electron chi connectivity index (χ3n) is 4.01. The fraction of sp³-hybridized carbons (Fsp3) is 0.294. The maximum atomic E-state index is 12.6. The molecule has 0 radical (unpaired) electrons. The lowest BCUT2D eigenvalue weighted by molar-refractivity contribution is 0.0746. The minimum Gasteiger partial charge on any atom is -0.497 e. The van der Waals surface area contributed by atoms with E-state index < -0.39 is 0 Å². The predicted octanol–water partition coefficient (Wildman–Crippen LogP) is 3.36. The monoisotopic (exact) mass is 365 g/mol. The number of rotatable bonds is 3. The van der Waals surface area contributed by atoms with Gasteiger partial charge in [-0.25, -0.2) is 4.98 Å². The molecule has 126 valence electrons. The Morgan fingerprint density at radius 1 is 1.04 bits per heavy atom. The van der Waals surface area contributed by atoms with Crippen molar-refractivity contribution in [2.45, 2.75) is 0 Å². The Morgan fingerprint density at radius 3 is 2.17 bits per heavy atom. The molecule has 0 bridgehead atoms. The van der Waals surface area contributed by atoms with Crippen molar-refractivity contribution in [1.29, 1.82) is 0 Å². The molecule has 1 aromatic heterocycles. The van der Waals surface area contributed by atoms with Crippen LogP contribution in [0, 0.1) is 0 Å². The molecule has 1 aromatic carbocycles. The van der Waals surface area contributed by atoms with Gasteiger partial charge < -0.3 is 14.5 Å². The van der Waals surface area contributed by atoms with E-state index in [0.717, 1.165) is 24.5 Å². The summed E-state index contributed by atoms with van der Waals surface area (Å²) >= 11 is 11.8. The zero-order valence-corrected chi connectivity index (χ0v) is 14.7. The number of piperazine rings is 1. The van der Waals surface area contributed by atoms with Gasteiger partial charge in [0.1, 0.15) is 16.1 Å². The molecule has 0 atom stereocenters. The van der Waals surface area contributed by atoms with Crippen molar-refractivity contribution in [1.82, 2.24) is 9.88 Å². The number of anilines is 1. The van der Waals surface area contributed by atoms with Crippen LogP contribution in [0.3, 0.4) is 0 Å². The number of halogens is 2. The van der Waals surface area contributed by atoms with Gasteiger partial charge in [0.25, 0.3) is 5.91 Å². The van der Waals surface area contributed by atoms with E-state index in [1.807, 2.05) is 29.2 Å². The summed E-state index contributed by atoms with van der Waals surface area (Å²) in [5.74, 6) is 0.759. The van der Waals surface area contributed by atoms with Crippen molar-refractivity contribution in [3.63, 3.8) is 0 Å². The Balaban J connectivity index is 1.64. The summed E-state index contributed by atoms with van der Waals surface area (Å²) in [7, 11) is 1.65. The van der Waals surface area contributed by atoms with Gasteiger partial charge in [0.15, 0.2) is 0 Å². The van der Waals surface area contributed by atoms with Crippen LogP contribution >= 0.6 is 23.2 Å². The number of aromatic nitrogens is 1. The summed E-state index contributed by atoms with van der Waals surface area (Å²) in [6, 6.07) is 11.0. The van der Waals surface area contributed by atoms with Crippen LogP contribution in [0.25, 0.3) is 0 Å². The summed E-state index contributed by atoms with van der Waals surface area (Å²) in [6.07, 6.45) is 0. The summed E-state index contributed by atoms with van der Waals surface area (Å²) in [5, 5.41) is 0.449. The van der Waals surface area contributed by atoms with Gasteiger partial charge in [-0.05, 0) is 36.4 Å². The van der Waals surface area contributed by atoms with Crippen molar-refractivity contribution < 1.29 is 9.53 Å². The number of nitrogens with zero attached hydrogens (tertiary/aromatic N) is 3. The van der Waals surface area contributed by atoms with Crippen molar-refractivity contribution >= 4 is 34.8 Å². The highest BCUT2D eigenvalue weighted by Crippen LogP contribution is 2.22. The van der Waals surface area contributed by atoms with Crippen LogP contribution in [0.4, 0.5) is 5.69 Å². The van der Waals surface area contributed by atoms with E-state index in [-0.39, 0.29) is 16.2 Å². The molecule has 3 rings (SSSR count). The Kier molecular flexibility index (Phi) is 5.11. The van der Waals surface area contributed by atoms with E-state index in [1.54, 1.807) is 19.2 Å². The van der Waals surface area contributed by atoms with Gasteiger partial charge in [-0.3, -0.25) is 4.79 Å². The van der Waals surface area contributed by atoms with E-state index in [0.29, 0.717) is 18.7 Å². The molecule has 0 spiro atoms. The van der Waals surface area contributed by atoms with Gasteiger partial charge in [-0.1, -0.05) is 23.2 Å². The molecule has 1 saturated heterocycles. The summed E-state index contributed by atoms with van der Waals surface area (Å²) < 4.78 is 5.18. The molecule has 1 aliphatic rings. The number of methoxy groups -OCH3 is 1. The zero-order valence-electron chi connectivity index (χ0n) is 13.2. The van der Waals surface area contributed by atoms with Gasteiger partial charge in [-0.15, -0.1) is 0 Å². The number of benzene rings is 1. The molecule has 1 aliphatic heterocycles. The molecule has 1 amide bonds. The molecule has 2 aromatic rings. The van der Waals surface area contributed by atoms with Crippen LogP contribution in [0.1, 0.15) is 10.4 Å². The van der Waals surface area contributed by atoms with Crippen LogP contribution in [-0.4, -0.2) is 49.1 Å². The van der Waals surface area contributed by atoms with Crippen LogP contribution in [0.15, 0.2) is 36.4 Å². The van der Waals surface area contributed by atoms with Crippen molar-refractivity contribution in [3.8, 4) is 5.75 Å². The molecular weight excluding hydrogens is 349 g/mol. The molecule has 5 nitrogen and oxygen atoms in total. The van der Waals surface area contributed by atoms with E-state index in [1.165, 1.54) is 0 Å². The largest absolute Gasteiger partial charge is 0.497 e. The predicted molar refractivity (Wildman–Crippen MR) is 95.4 cm³/mol. The average Bonchev–Trinajstić information content (AvgIpc) is 2.60. The van der Waals surface area contributed by atoms with Crippen LogP contribution in [-0.2, 0) is 0 Å². The number of carbonyl (C=O) groups excluding carboxylic acids is 1. The second kappa shape index (κ2) is 7.28. The molecule has 0 saturated carbocycles. The highest BCUT2D eigenvalue weighted by atomic mass is 35.5. The van der Waals surface area contributed by atoms with Crippen molar-refractivity contribution in [3.05, 3.63) is 52.3 Å². The first-order valence-electron chi connectivity index (χ1n) is 7.58. The van der Waals surface area contributed by atoms with E-state index in [9.17, 15) is 4.79 Å². The third kappa shape index (κ3) is 3.74. The minimum atomic E-state index is -0.0735. The number of carbonyl (C=O) groups is 1. The standard InChI is InChI=1S/C17H17Cl2N3O2/c1-24-14-4-2-13(3-5-14)21-6-8-22(9-7-21)17(23)12-10-15(18)20-16(19)11-12/h2-5,10-11H,6-9H2,1H3. The first-order valence-corrected chi connectivity index (χ1v) is 8.34. The Morgan fingerprint density at radius 2 is 1.62 bits per heavy atom. The number of hydrogen-bond donors (Lipinski definition) is 0. The Hall–Kier alpha value is -1.98. The third-order valence-corrected chi connectivity index (χ3v) is 4.40. The molecule has 0 unspecified atom stereocenters. The summed E-state index contributed by atoms with van der Waals surface area (Å²) in [6.45, 7) is 2.82. The summed E-state index contributed by atoms with van der Waals surface area (Å²) in [4.78, 5) is 20.5. The number of hydrogen-bond acceptors (Lipinski definition) is 4. The zero-order chi connectivity index (χ0) is 17.1. The van der Waals surface area contributed by atoms with E-state index in [2.05, 4.69) is 9.88 Å². The van der Waals surface area contributed by atoms with Crippen LogP contribution in [0.5, 0.6) is 5.75 Å². The highest BCUT2D eigenvalue weighted by molar-refractivity contribution is 6.33. The molecule has 2 heterocycles. The molecule has 0 N–H and O–H groups in total. The second-order valence-corrected chi connectivity index (χ2v) is 6.25. The molecular formula is C17H17Cl2N3O2. The Bertz CT molecular complexity index is 709. The number of ether oxygens (including phenoxy) is 1. The molecule has 7 heteroatoms. The first-order chi connectivity index (χ1) is 11.6. The fourth-order valence-corrected chi connectivity index (χ4v) is 3.19. The van der Waals surface area contributed by atoms with Gasteiger partial charge >= 0.3 is 0 Å². The minimum absolute atomic E-state index is 0.0735. The topological polar surface area (TPSA) is 45.7 Å². The molecule has 1 fully saturated rings. The summed E-state index contributed by atoms with van der Waals surface area (Å²) in [5.41, 5.74) is 1.59. The van der Waals surface area contributed by atoms with Gasteiger partial charge in [0.05, 0.1) is 7.11 Å². The van der Waals surface area contributed by atoms with Crippen LogP contribution in [0.2, 0.25) is 10.3 Å². The van der Waals surface area contributed by atoms with E-state index >= 15 is 0 Å². The van der Waals surface area contributed by atoms with Crippen molar-refractivity contribution in [2.75, 3.05) is 38.2 Å². The highest BCUT2D eigenvalue weighted by Gasteiger charge is 2.23. The molecule has 0 aliphatic carbocycles. The van der Waals surface area contributed by atoms with Crippen LogP contribution < -0.4 is 9.64 Å². The number of amides is 1. The number of pyridine rings is 1. The Labute approximate surface area is 150 Å². The SMILES string of the molecule is COc1ccc(N2CCN(C(=O)c3cc(Cl)nc(Cl)c3)CC2)cc1. The van der Waals surface area contributed by atoms with Gasteiger partial charge in [0.2, 0.25) is 0 Å². The quantitative estimate of drug-likeness (QED) is 0.782. The average molecular weight is 366 g/mol. The first kappa shape index (κ1) is 16.9. The second-order valence-electron chi connectivity index (χ2n) is 5.48. The lowest BCUT2D eigenvalue weighted by atomic mass is 10.2. The van der Waals surface area contributed by atoms with Gasteiger partial charge in [0, 0.05) is 37.4 Å². The smallest absolute Gasteiger partial charge is 0.254 e. The molecule has 24 heavy (non-hydrogen) atoms. The normalized spacial score (nSPS) is 14.6. The van der Waals surface area contributed by atoms with Crippen molar-refractivity contribution in [2.24, 2.45) is 0 Å². The van der Waals surface area contributed by atoms with Gasteiger partial charge in [-0.2, -0.15) is 0 Å². The van der Waals surface area contributed by atoms with E-state index in [4.69, 9.17) is 27.9 Å². The maximum absolute atomic E-state index is 12.6.